The highest BCUT2D eigenvalue weighted by Crippen LogP contribution is 2.22. The van der Waals surface area contributed by atoms with Crippen molar-refractivity contribution in [3.63, 3.8) is 0 Å². The number of hydrogen-bond acceptors (Lipinski definition) is 3. The quantitative estimate of drug-likeness (QED) is 0.512. The van der Waals surface area contributed by atoms with E-state index < -0.39 is 0 Å². The molecule has 1 atom stereocenters. The number of hydrogen-bond donors (Lipinski definition) is 0. The Morgan fingerprint density at radius 3 is 2.93 bits per heavy atom. The van der Waals surface area contributed by atoms with Crippen molar-refractivity contribution < 1.29 is 14.3 Å². The van der Waals surface area contributed by atoms with Gasteiger partial charge in [0.15, 0.2) is 6.61 Å². The first-order valence-electron chi connectivity index (χ1n) is 5.32. The van der Waals surface area contributed by atoms with Crippen molar-refractivity contribution >= 4 is 11.8 Å². The van der Waals surface area contributed by atoms with E-state index in [4.69, 9.17) is 0 Å². The Morgan fingerprint density at radius 1 is 1.47 bits per heavy atom. The second kappa shape index (κ2) is 6.23. The molecular formula is C12H16O3. The van der Waals surface area contributed by atoms with Gasteiger partial charge in [-0.15, -0.1) is 0 Å². The smallest absolute Gasteiger partial charge is 0.303 e. The summed E-state index contributed by atoms with van der Waals surface area (Å²) in [7, 11) is 0. The van der Waals surface area contributed by atoms with Gasteiger partial charge in [0.1, 0.15) is 5.78 Å². The van der Waals surface area contributed by atoms with E-state index in [2.05, 4.69) is 16.6 Å². The number of Topliss-reactive ketones (excluding diaryl/α,β-unsaturated/α-hetero) is 1. The Balaban J connectivity index is 2.22. The summed E-state index contributed by atoms with van der Waals surface area (Å²) >= 11 is 0. The van der Waals surface area contributed by atoms with Crippen LogP contribution >= 0.6 is 0 Å². The Morgan fingerprint density at radius 2 is 2.27 bits per heavy atom. The van der Waals surface area contributed by atoms with Crippen molar-refractivity contribution in [1.29, 1.82) is 0 Å². The third-order valence-electron chi connectivity index (χ3n) is 2.50. The number of ketones is 1. The molecule has 1 aliphatic carbocycles. The molecule has 0 radical (unpaired) electrons. The van der Waals surface area contributed by atoms with Crippen LogP contribution in [0.15, 0.2) is 0 Å². The molecule has 0 bridgehead atoms. The summed E-state index contributed by atoms with van der Waals surface area (Å²) in [5.41, 5.74) is 0. The molecule has 3 heteroatoms. The van der Waals surface area contributed by atoms with E-state index in [0.717, 1.165) is 19.3 Å². The van der Waals surface area contributed by atoms with E-state index in [1.165, 1.54) is 6.92 Å². The maximum atomic E-state index is 11.4. The summed E-state index contributed by atoms with van der Waals surface area (Å²) in [4.78, 5) is 21.8. The van der Waals surface area contributed by atoms with Gasteiger partial charge in [-0.25, -0.2) is 0 Å². The Bertz CT molecular complexity index is 296. The molecule has 0 saturated heterocycles. The van der Waals surface area contributed by atoms with Crippen LogP contribution in [0.5, 0.6) is 0 Å². The highest BCUT2D eigenvalue weighted by atomic mass is 16.5. The molecule has 1 unspecified atom stereocenters. The molecule has 15 heavy (non-hydrogen) atoms. The molecule has 1 saturated carbocycles. The average Bonchev–Trinajstić information content (AvgIpc) is 2.20. The Labute approximate surface area is 90.2 Å². The second-order valence-corrected chi connectivity index (χ2v) is 3.75. The van der Waals surface area contributed by atoms with Crippen molar-refractivity contribution in [3.8, 4) is 11.8 Å². The number of ether oxygens (including phenoxy) is 1. The zero-order valence-electron chi connectivity index (χ0n) is 9.04. The lowest BCUT2D eigenvalue weighted by Crippen LogP contribution is -2.18. The van der Waals surface area contributed by atoms with Crippen LogP contribution in [0.3, 0.4) is 0 Å². The number of esters is 1. The second-order valence-electron chi connectivity index (χ2n) is 3.75. The van der Waals surface area contributed by atoms with Crippen LogP contribution in [0.2, 0.25) is 0 Å². The van der Waals surface area contributed by atoms with Gasteiger partial charge in [-0.2, -0.15) is 0 Å². The summed E-state index contributed by atoms with van der Waals surface area (Å²) < 4.78 is 4.66. The van der Waals surface area contributed by atoms with Crippen LogP contribution in [0.4, 0.5) is 0 Å². The van der Waals surface area contributed by atoms with Gasteiger partial charge in [0, 0.05) is 25.7 Å². The first-order chi connectivity index (χ1) is 7.20. The van der Waals surface area contributed by atoms with Gasteiger partial charge >= 0.3 is 5.97 Å². The molecular weight excluding hydrogens is 192 g/mol. The molecule has 1 fully saturated rings. The molecule has 0 aromatic heterocycles. The fraction of sp³-hybridized carbons (Fsp3) is 0.667. The molecule has 0 aliphatic heterocycles. The van der Waals surface area contributed by atoms with Crippen molar-refractivity contribution in [3.05, 3.63) is 0 Å². The van der Waals surface area contributed by atoms with Gasteiger partial charge in [-0.1, -0.05) is 18.3 Å². The van der Waals surface area contributed by atoms with Gasteiger partial charge in [0.25, 0.3) is 0 Å². The highest BCUT2D eigenvalue weighted by molar-refractivity contribution is 5.81. The molecule has 0 spiro atoms. The predicted octanol–water partition coefficient (Wildman–Crippen LogP) is 1.70. The molecule has 0 amide bonds. The maximum absolute atomic E-state index is 11.4. The number of carbonyl (C=O) groups excluding carboxylic acids is 2. The van der Waals surface area contributed by atoms with Crippen LogP contribution in [0.1, 0.15) is 39.0 Å². The minimum absolute atomic E-state index is 0.114. The zero-order valence-corrected chi connectivity index (χ0v) is 9.04. The molecule has 3 nitrogen and oxygen atoms in total. The van der Waals surface area contributed by atoms with Gasteiger partial charge in [0.05, 0.1) is 0 Å². The predicted molar refractivity (Wildman–Crippen MR) is 56.0 cm³/mol. The van der Waals surface area contributed by atoms with Gasteiger partial charge < -0.3 is 4.74 Å². The largest absolute Gasteiger partial charge is 0.453 e. The van der Waals surface area contributed by atoms with Crippen LogP contribution in [-0.4, -0.2) is 18.4 Å². The summed E-state index contributed by atoms with van der Waals surface area (Å²) in [5.74, 6) is 5.76. The molecule has 0 aromatic carbocycles. The van der Waals surface area contributed by atoms with E-state index in [9.17, 15) is 9.59 Å². The van der Waals surface area contributed by atoms with Crippen LogP contribution in [-0.2, 0) is 14.3 Å². The minimum atomic E-state index is -0.321. The van der Waals surface area contributed by atoms with E-state index >= 15 is 0 Å². The maximum Gasteiger partial charge on any atom is 0.303 e. The molecule has 0 N–H and O–H groups in total. The summed E-state index contributed by atoms with van der Waals surface area (Å²) in [6.07, 6.45) is 4.43. The molecule has 0 heterocycles. The third-order valence-corrected chi connectivity index (χ3v) is 2.50. The monoisotopic (exact) mass is 208 g/mol. The van der Waals surface area contributed by atoms with Crippen molar-refractivity contribution in [2.24, 2.45) is 5.92 Å². The normalized spacial score (nSPS) is 20.3. The van der Waals surface area contributed by atoms with Crippen molar-refractivity contribution in [2.75, 3.05) is 6.61 Å². The lowest BCUT2D eigenvalue weighted by Gasteiger charge is -2.17. The lowest BCUT2D eigenvalue weighted by molar-refractivity contribution is -0.139. The van der Waals surface area contributed by atoms with Crippen molar-refractivity contribution in [2.45, 2.75) is 39.0 Å². The summed E-state index contributed by atoms with van der Waals surface area (Å²) in [5, 5.41) is 0. The van der Waals surface area contributed by atoms with Crippen LogP contribution in [0, 0.1) is 17.8 Å². The standard InChI is InChI=1S/C12H16O3/c1-10(13)15-9-5-4-7-11-6-2-3-8-12(11)14/h11H,2-3,6-9H2,1H3. The first-order valence-corrected chi connectivity index (χ1v) is 5.32. The molecule has 82 valence electrons. The minimum Gasteiger partial charge on any atom is -0.453 e. The topological polar surface area (TPSA) is 43.4 Å². The van der Waals surface area contributed by atoms with Gasteiger partial charge in [-0.05, 0) is 12.8 Å². The summed E-state index contributed by atoms with van der Waals surface area (Å²) in [6.45, 7) is 1.49. The van der Waals surface area contributed by atoms with Crippen LogP contribution < -0.4 is 0 Å². The fourth-order valence-corrected chi connectivity index (χ4v) is 1.66. The molecule has 0 aromatic rings. The molecule has 1 rings (SSSR count). The average molecular weight is 208 g/mol. The van der Waals surface area contributed by atoms with E-state index in [-0.39, 0.29) is 18.5 Å². The van der Waals surface area contributed by atoms with E-state index in [1.807, 2.05) is 0 Å². The SMILES string of the molecule is CC(=O)OCC#CCC1CCCCC1=O. The number of carbonyl (C=O) groups is 2. The first kappa shape index (κ1) is 11.8. The van der Waals surface area contributed by atoms with Gasteiger partial charge in [-0.3, -0.25) is 9.59 Å². The Kier molecular flexibility index (Phi) is 4.89. The zero-order chi connectivity index (χ0) is 11.1. The van der Waals surface area contributed by atoms with E-state index in [0.29, 0.717) is 18.6 Å². The lowest BCUT2D eigenvalue weighted by atomic mass is 9.86. The third kappa shape index (κ3) is 4.64. The van der Waals surface area contributed by atoms with Crippen molar-refractivity contribution in [1.82, 2.24) is 0 Å². The van der Waals surface area contributed by atoms with Crippen LogP contribution in [0.25, 0.3) is 0 Å². The molecule has 1 aliphatic rings. The number of rotatable bonds is 2. The highest BCUT2D eigenvalue weighted by Gasteiger charge is 2.20. The van der Waals surface area contributed by atoms with Gasteiger partial charge in [0.2, 0.25) is 0 Å². The Hall–Kier alpha value is -1.30. The van der Waals surface area contributed by atoms with E-state index in [1.54, 1.807) is 0 Å². The summed E-state index contributed by atoms with van der Waals surface area (Å²) in [6, 6.07) is 0. The fourth-order valence-electron chi connectivity index (χ4n) is 1.66.